The molecule has 0 saturated heterocycles. The first-order valence-corrected chi connectivity index (χ1v) is 8.15. The predicted molar refractivity (Wildman–Crippen MR) is 100 cm³/mol. The topological polar surface area (TPSA) is 49.3 Å². The van der Waals surface area contributed by atoms with Crippen LogP contribution in [0.4, 0.5) is 0 Å². The van der Waals surface area contributed by atoms with Gasteiger partial charge in [0.15, 0.2) is 5.96 Å². The van der Waals surface area contributed by atoms with E-state index >= 15 is 0 Å². The summed E-state index contributed by atoms with van der Waals surface area (Å²) in [7, 11) is 1.75. The number of benzene rings is 2. The lowest BCUT2D eigenvalue weighted by atomic mass is 10.1. The van der Waals surface area contributed by atoms with Gasteiger partial charge in [-0.1, -0.05) is 48.0 Å². The highest BCUT2D eigenvalue weighted by Crippen LogP contribution is 2.16. The third kappa shape index (κ3) is 4.03. The SMILES string of the molecule is CN=C(NCc1cccc(Cl)c1)NCc1nccc2ccccc12. The molecule has 0 atom stereocenters. The van der Waals surface area contributed by atoms with Crippen molar-refractivity contribution in [1.29, 1.82) is 0 Å². The fourth-order valence-corrected chi connectivity index (χ4v) is 2.76. The molecular formula is C19H19ClN4. The van der Waals surface area contributed by atoms with E-state index in [4.69, 9.17) is 11.6 Å². The number of nitrogens with zero attached hydrogens (tertiary/aromatic N) is 2. The molecule has 2 aromatic carbocycles. The van der Waals surface area contributed by atoms with Crippen molar-refractivity contribution >= 4 is 28.3 Å². The smallest absolute Gasteiger partial charge is 0.191 e. The fraction of sp³-hybridized carbons (Fsp3) is 0.158. The van der Waals surface area contributed by atoms with E-state index in [1.54, 1.807) is 7.05 Å². The van der Waals surface area contributed by atoms with Crippen LogP contribution < -0.4 is 10.6 Å². The van der Waals surface area contributed by atoms with Crippen LogP contribution in [-0.2, 0) is 13.1 Å². The summed E-state index contributed by atoms with van der Waals surface area (Å²) in [4.78, 5) is 8.73. The molecule has 0 radical (unpaired) electrons. The summed E-state index contributed by atoms with van der Waals surface area (Å²) in [6.45, 7) is 1.26. The molecule has 1 aromatic heterocycles. The fourth-order valence-electron chi connectivity index (χ4n) is 2.54. The molecule has 0 aliphatic carbocycles. The molecule has 0 bridgehead atoms. The van der Waals surface area contributed by atoms with Gasteiger partial charge in [-0.3, -0.25) is 9.98 Å². The molecule has 0 aliphatic heterocycles. The molecule has 3 rings (SSSR count). The van der Waals surface area contributed by atoms with Gasteiger partial charge in [-0.15, -0.1) is 0 Å². The van der Waals surface area contributed by atoms with E-state index in [1.807, 2.05) is 48.7 Å². The van der Waals surface area contributed by atoms with Crippen LogP contribution in [0.1, 0.15) is 11.3 Å². The largest absolute Gasteiger partial charge is 0.352 e. The summed E-state index contributed by atoms with van der Waals surface area (Å²) in [6, 6.07) is 18.0. The number of halogens is 1. The molecular weight excluding hydrogens is 320 g/mol. The Bertz CT molecular complexity index is 855. The first-order valence-electron chi connectivity index (χ1n) is 7.78. The van der Waals surface area contributed by atoms with Crippen molar-refractivity contribution in [1.82, 2.24) is 15.6 Å². The Morgan fingerprint density at radius 2 is 1.88 bits per heavy atom. The molecule has 0 spiro atoms. The van der Waals surface area contributed by atoms with E-state index < -0.39 is 0 Å². The lowest BCUT2D eigenvalue weighted by Gasteiger charge is -2.13. The number of aliphatic imine (C=N–C) groups is 1. The van der Waals surface area contributed by atoms with Crippen molar-refractivity contribution < 1.29 is 0 Å². The zero-order valence-corrected chi connectivity index (χ0v) is 14.2. The highest BCUT2D eigenvalue weighted by atomic mass is 35.5. The summed E-state index contributed by atoms with van der Waals surface area (Å²) in [5, 5.41) is 9.66. The standard InChI is InChI=1S/C19H19ClN4/c1-21-19(23-12-14-5-4-7-16(20)11-14)24-13-18-17-8-3-2-6-15(17)9-10-22-18/h2-11H,12-13H2,1H3,(H2,21,23,24). The number of pyridine rings is 1. The minimum absolute atomic E-state index is 0.608. The zero-order valence-electron chi connectivity index (χ0n) is 13.5. The van der Waals surface area contributed by atoms with Gasteiger partial charge in [0.1, 0.15) is 0 Å². The van der Waals surface area contributed by atoms with Crippen molar-refractivity contribution in [2.75, 3.05) is 7.05 Å². The van der Waals surface area contributed by atoms with Crippen LogP contribution in [-0.4, -0.2) is 18.0 Å². The number of hydrogen-bond acceptors (Lipinski definition) is 2. The lowest BCUT2D eigenvalue weighted by molar-refractivity contribution is 0.799. The lowest BCUT2D eigenvalue weighted by Crippen LogP contribution is -2.36. The van der Waals surface area contributed by atoms with E-state index in [9.17, 15) is 0 Å². The number of guanidine groups is 1. The highest BCUT2D eigenvalue weighted by Gasteiger charge is 2.04. The highest BCUT2D eigenvalue weighted by molar-refractivity contribution is 6.30. The maximum atomic E-state index is 6.01. The second kappa shape index (κ2) is 7.79. The van der Waals surface area contributed by atoms with E-state index in [1.165, 1.54) is 5.39 Å². The summed E-state index contributed by atoms with van der Waals surface area (Å²) >= 11 is 6.01. The molecule has 5 heteroatoms. The van der Waals surface area contributed by atoms with Gasteiger partial charge in [-0.2, -0.15) is 0 Å². The van der Waals surface area contributed by atoms with Crippen LogP contribution in [0.15, 0.2) is 65.8 Å². The molecule has 4 nitrogen and oxygen atoms in total. The molecule has 0 fully saturated rings. The number of aromatic nitrogens is 1. The van der Waals surface area contributed by atoms with Crippen LogP contribution in [0, 0.1) is 0 Å². The Balaban J connectivity index is 1.63. The van der Waals surface area contributed by atoms with E-state index in [2.05, 4.69) is 32.7 Å². The third-order valence-electron chi connectivity index (χ3n) is 3.75. The van der Waals surface area contributed by atoms with Crippen LogP contribution in [0.25, 0.3) is 10.8 Å². The Morgan fingerprint density at radius 1 is 1.04 bits per heavy atom. The summed E-state index contributed by atoms with van der Waals surface area (Å²) in [6.07, 6.45) is 1.83. The molecule has 0 aliphatic rings. The van der Waals surface area contributed by atoms with Crippen LogP contribution >= 0.6 is 11.6 Å². The van der Waals surface area contributed by atoms with E-state index in [-0.39, 0.29) is 0 Å². The average Bonchev–Trinajstić information content (AvgIpc) is 2.62. The maximum Gasteiger partial charge on any atom is 0.191 e. The quantitative estimate of drug-likeness (QED) is 0.562. The normalized spacial score (nSPS) is 11.5. The van der Waals surface area contributed by atoms with Gasteiger partial charge in [0.05, 0.1) is 12.2 Å². The zero-order chi connectivity index (χ0) is 16.8. The Morgan fingerprint density at radius 3 is 2.71 bits per heavy atom. The number of nitrogens with one attached hydrogen (secondary N) is 2. The van der Waals surface area contributed by atoms with Gasteiger partial charge >= 0.3 is 0 Å². The van der Waals surface area contributed by atoms with E-state index in [0.29, 0.717) is 13.1 Å². The van der Waals surface area contributed by atoms with Crippen molar-refractivity contribution in [3.63, 3.8) is 0 Å². The number of hydrogen-bond donors (Lipinski definition) is 2. The van der Waals surface area contributed by atoms with E-state index in [0.717, 1.165) is 27.6 Å². The molecule has 122 valence electrons. The molecule has 3 aromatic rings. The minimum atomic E-state index is 0.608. The van der Waals surface area contributed by atoms with Crippen molar-refractivity contribution in [2.24, 2.45) is 4.99 Å². The molecule has 0 saturated carbocycles. The monoisotopic (exact) mass is 338 g/mol. The van der Waals surface area contributed by atoms with Crippen molar-refractivity contribution in [3.8, 4) is 0 Å². The van der Waals surface area contributed by atoms with Gasteiger partial charge in [0, 0.05) is 30.2 Å². The van der Waals surface area contributed by atoms with Crippen LogP contribution in [0.3, 0.4) is 0 Å². The number of rotatable bonds is 4. The van der Waals surface area contributed by atoms with Crippen molar-refractivity contribution in [2.45, 2.75) is 13.1 Å². The molecule has 2 N–H and O–H groups in total. The molecule has 1 heterocycles. The van der Waals surface area contributed by atoms with Gasteiger partial charge in [0.2, 0.25) is 0 Å². The van der Waals surface area contributed by atoms with Crippen LogP contribution in [0.2, 0.25) is 5.02 Å². The van der Waals surface area contributed by atoms with Gasteiger partial charge in [0.25, 0.3) is 0 Å². The Hall–Kier alpha value is -2.59. The van der Waals surface area contributed by atoms with Crippen molar-refractivity contribution in [3.05, 3.63) is 77.1 Å². The van der Waals surface area contributed by atoms with Gasteiger partial charge in [-0.25, -0.2) is 0 Å². The first-order chi connectivity index (χ1) is 11.8. The second-order valence-electron chi connectivity index (χ2n) is 5.39. The molecule has 24 heavy (non-hydrogen) atoms. The summed E-state index contributed by atoms with van der Waals surface area (Å²) < 4.78 is 0. The Kier molecular flexibility index (Phi) is 5.29. The van der Waals surface area contributed by atoms with Gasteiger partial charge in [-0.05, 0) is 29.1 Å². The predicted octanol–water partition coefficient (Wildman–Crippen LogP) is 3.75. The van der Waals surface area contributed by atoms with Gasteiger partial charge < -0.3 is 10.6 Å². The summed E-state index contributed by atoms with van der Waals surface area (Å²) in [5.41, 5.74) is 2.10. The summed E-state index contributed by atoms with van der Waals surface area (Å²) in [5.74, 6) is 0.727. The third-order valence-corrected chi connectivity index (χ3v) is 3.99. The Labute approximate surface area is 146 Å². The minimum Gasteiger partial charge on any atom is -0.352 e. The van der Waals surface area contributed by atoms with Crippen LogP contribution in [0.5, 0.6) is 0 Å². The number of fused-ring (bicyclic) bond motifs is 1. The maximum absolute atomic E-state index is 6.01. The second-order valence-corrected chi connectivity index (χ2v) is 5.82. The molecule has 0 amide bonds. The molecule has 0 unspecified atom stereocenters. The first kappa shape index (κ1) is 16.3. The average molecular weight is 339 g/mol.